The predicted octanol–water partition coefficient (Wildman–Crippen LogP) is 2.03. The summed E-state index contributed by atoms with van der Waals surface area (Å²) >= 11 is 0. The summed E-state index contributed by atoms with van der Waals surface area (Å²) in [7, 11) is -4.08. The average molecular weight is 445 g/mol. The summed E-state index contributed by atoms with van der Waals surface area (Å²) < 4.78 is 70.6. The Morgan fingerprint density at radius 3 is 2.57 bits per heavy atom. The van der Waals surface area contributed by atoms with E-state index in [-0.39, 0.29) is 13.1 Å². The molecule has 30 heavy (non-hydrogen) atoms. The first-order chi connectivity index (χ1) is 14.1. The Morgan fingerprint density at radius 2 is 1.87 bits per heavy atom. The highest BCUT2D eigenvalue weighted by Crippen LogP contribution is 2.30. The third-order valence-electron chi connectivity index (χ3n) is 4.35. The minimum Gasteiger partial charge on any atom is -0.378 e. The molecule has 1 aromatic carbocycles. The number of anilines is 2. The van der Waals surface area contributed by atoms with Crippen molar-refractivity contribution in [1.29, 1.82) is 0 Å². The maximum atomic E-state index is 12.8. The van der Waals surface area contributed by atoms with Gasteiger partial charge >= 0.3 is 6.18 Å². The lowest BCUT2D eigenvalue weighted by atomic mass is 10.2. The number of alkyl halides is 3. The highest BCUT2D eigenvalue weighted by molar-refractivity contribution is 7.89. The maximum absolute atomic E-state index is 12.8. The molecule has 12 heteroatoms. The minimum absolute atomic E-state index is 0.0528. The van der Waals surface area contributed by atoms with Crippen molar-refractivity contribution in [2.24, 2.45) is 0 Å². The van der Waals surface area contributed by atoms with Crippen LogP contribution in [0.5, 0.6) is 0 Å². The number of sulfonamides is 1. The first kappa shape index (κ1) is 22.2. The van der Waals surface area contributed by atoms with Gasteiger partial charge in [0.05, 0.1) is 23.7 Å². The van der Waals surface area contributed by atoms with Gasteiger partial charge in [-0.15, -0.1) is 0 Å². The summed E-state index contributed by atoms with van der Waals surface area (Å²) in [6.45, 7) is 4.59. The van der Waals surface area contributed by atoms with E-state index in [0.717, 1.165) is 29.7 Å². The molecule has 8 nitrogen and oxygen atoms in total. The van der Waals surface area contributed by atoms with Crippen LogP contribution in [0.4, 0.5) is 24.9 Å². The SMILES string of the molecule is Cc1cc(N2CCOCC2)nc(NCCNS(=O)(=O)c2cccc(C(F)(F)F)c2)n1. The third-order valence-corrected chi connectivity index (χ3v) is 5.81. The van der Waals surface area contributed by atoms with E-state index in [0.29, 0.717) is 38.3 Å². The lowest BCUT2D eigenvalue weighted by Crippen LogP contribution is -2.37. The zero-order valence-electron chi connectivity index (χ0n) is 16.2. The molecule has 3 rings (SSSR count). The minimum atomic E-state index is -4.62. The van der Waals surface area contributed by atoms with E-state index in [9.17, 15) is 21.6 Å². The zero-order chi connectivity index (χ0) is 21.8. The van der Waals surface area contributed by atoms with Gasteiger partial charge in [-0.25, -0.2) is 18.1 Å². The summed E-state index contributed by atoms with van der Waals surface area (Å²) in [6, 6.07) is 5.45. The normalized spacial score (nSPS) is 15.3. The predicted molar refractivity (Wildman–Crippen MR) is 105 cm³/mol. The molecule has 1 aromatic heterocycles. The molecule has 0 aliphatic carbocycles. The second kappa shape index (κ2) is 9.14. The number of nitrogens with zero attached hydrogens (tertiary/aromatic N) is 3. The summed E-state index contributed by atoms with van der Waals surface area (Å²) in [5, 5.41) is 2.94. The van der Waals surface area contributed by atoms with E-state index in [4.69, 9.17) is 4.74 Å². The average Bonchev–Trinajstić information content (AvgIpc) is 2.71. The van der Waals surface area contributed by atoms with E-state index >= 15 is 0 Å². The van der Waals surface area contributed by atoms with Crippen molar-refractivity contribution >= 4 is 21.8 Å². The van der Waals surface area contributed by atoms with Crippen LogP contribution in [-0.2, 0) is 20.9 Å². The first-order valence-corrected chi connectivity index (χ1v) is 10.7. The van der Waals surface area contributed by atoms with Gasteiger partial charge in [-0.2, -0.15) is 18.2 Å². The van der Waals surface area contributed by atoms with Gasteiger partial charge in [-0.05, 0) is 25.1 Å². The van der Waals surface area contributed by atoms with Gasteiger partial charge in [0.2, 0.25) is 16.0 Å². The van der Waals surface area contributed by atoms with Crippen molar-refractivity contribution in [3.8, 4) is 0 Å². The van der Waals surface area contributed by atoms with Crippen LogP contribution in [0.2, 0.25) is 0 Å². The molecule has 0 spiro atoms. The molecular weight excluding hydrogens is 423 g/mol. The molecule has 2 N–H and O–H groups in total. The van der Waals surface area contributed by atoms with Gasteiger partial charge in [-0.3, -0.25) is 0 Å². The Hall–Kier alpha value is -2.44. The highest BCUT2D eigenvalue weighted by Gasteiger charge is 2.31. The molecule has 2 heterocycles. The third kappa shape index (κ3) is 5.80. The molecule has 1 aliphatic heterocycles. The number of hydrogen-bond donors (Lipinski definition) is 2. The molecule has 2 aromatic rings. The van der Waals surface area contributed by atoms with Gasteiger partial charge in [0.1, 0.15) is 5.82 Å². The van der Waals surface area contributed by atoms with Crippen molar-refractivity contribution in [1.82, 2.24) is 14.7 Å². The Kier molecular flexibility index (Phi) is 6.78. The van der Waals surface area contributed by atoms with Crippen LogP contribution in [-0.4, -0.2) is 57.8 Å². The molecule has 1 saturated heterocycles. The fourth-order valence-corrected chi connectivity index (χ4v) is 3.95. The number of halogens is 3. The number of aromatic nitrogens is 2. The quantitative estimate of drug-likeness (QED) is 0.630. The van der Waals surface area contributed by atoms with Crippen LogP contribution in [0, 0.1) is 6.92 Å². The molecule has 0 unspecified atom stereocenters. The van der Waals surface area contributed by atoms with Crippen molar-refractivity contribution < 1.29 is 26.3 Å². The fourth-order valence-electron chi connectivity index (χ4n) is 2.87. The van der Waals surface area contributed by atoms with Crippen LogP contribution in [0.1, 0.15) is 11.3 Å². The van der Waals surface area contributed by atoms with Crippen molar-refractivity contribution in [2.45, 2.75) is 18.0 Å². The van der Waals surface area contributed by atoms with Crippen molar-refractivity contribution in [3.63, 3.8) is 0 Å². The van der Waals surface area contributed by atoms with Crippen LogP contribution in [0.25, 0.3) is 0 Å². The smallest absolute Gasteiger partial charge is 0.378 e. The summed E-state index contributed by atoms with van der Waals surface area (Å²) in [6.07, 6.45) is -4.62. The van der Waals surface area contributed by atoms with Gasteiger partial charge in [-0.1, -0.05) is 6.07 Å². The summed E-state index contributed by atoms with van der Waals surface area (Å²) in [5.41, 5.74) is -0.272. The van der Waals surface area contributed by atoms with Crippen LogP contribution < -0.4 is 14.9 Å². The molecule has 1 fully saturated rings. The molecule has 0 bridgehead atoms. The second-order valence-electron chi connectivity index (χ2n) is 6.64. The number of nitrogens with one attached hydrogen (secondary N) is 2. The lowest BCUT2D eigenvalue weighted by molar-refractivity contribution is -0.137. The zero-order valence-corrected chi connectivity index (χ0v) is 17.1. The molecule has 1 aliphatic rings. The van der Waals surface area contributed by atoms with Crippen LogP contribution in [0.15, 0.2) is 35.2 Å². The molecule has 0 amide bonds. The van der Waals surface area contributed by atoms with E-state index in [1.54, 1.807) is 0 Å². The maximum Gasteiger partial charge on any atom is 0.416 e. The van der Waals surface area contributed by atoms with Crippen molar-refractivity contribution in [3.05, 3.63) is 41.6 Å². The Labute approximate surface area is 172 Å². The Balaban J connectivity index is 1.59. The van der Waals surface area contributed by atoms with Gasteiger partial charge in [0.15, 0.2) is 0 Å². The van der Waals surface area contributed by atoms with E-state index in [1.165, 1.54) is 0 Å². The monoisotopic (exact) mass is 445 g/mol. The molecular formula is C18H22F3N5O3S. The fraction of sp³-hybridized carbons (Fsp3) is 0.444. The van der Waals surface area contributed by atoms with Gasteiger partial charge in [0.25, 0.3) is 0 Å². The van der Waals surface area contributed by atoms with Crippen LogP contribution in [0.3, 0.4) is 0 Å². The number of benzene rings is 1. The molecule has 0 radical (unpaired) electrons. The molecule has 0 atom stereocenters. The molecule has 164 valence electrons. The van der Waals surface area contributed by atoms with E-state index in [1.807, 2.05) is 13.0 Å². The number of rotatable bonds is 7. The Morgan fingerprint density at radius 1 is 1.13 bits per heavy atom. The first-order valence-electron chi connectivity index (χ1n) is 9.24. The summed E-state index contributed by atoms with van der Waals surface area (Å²) in [5.74, 6) is 1.09. The lowest BCUT2D eigenvalue weighted by Gasteiger charge is -2.28. The van der Waals surface area contributed by atoms with E-state index in [2.05, 4.69) is 24.9 Å². The number of morpholine rings is 1. The Bertz CT molecular complexity index is 979. The van der Waals surface area contributed by atoms with E-state index < -0.39 is 26.7 Å². The number of ether oxygens (including phenoxy) is 1. The van der Waals surface area contributed by atoms with Crippen LogP contribution >= 0.6 is 0 Å². The standard InChI is InChI=1S/C18H22F3N5O3S/c1-13-11-16(26-7-9-29-10-8-26)25-17(24-13)22-5-6-23-30(27,28)15-4-2-3-14(12-15)18(19,20)21/h2-4,11-12,23H,5-10H2,1H3,(H,22,24,25). The summed E-state index contributed by atoms with van der Waals surface area (Å²) in [4.78, 5) is 10.3. The second-order valence-corrected chi connectivity index (χ2v) is 8.41. The number of hydrogen-bond acceptors (Lipinski definition) is 7. The molecule has 0 saturated carbocycles. The van der Waals surface area contributed by atoms with Gasteiger partial charge < -0.3 is 15.0 Å². The topological polar surface area (TPSA) is 96.5 Å². The largest absolute Gasteiger partial charge is 0.416 e. The highest BCUT2D eigenvalue weighted by atomic mass is 32.2. The van der Waals surface area contributed by atoms with Crippen molar-refractivity contribution in [2.75, 3.05) is 49.6 Å². The number of aryl methyl sites for hydroxylation is 1. The van der Waals surface area contributed by atoms with Gasteiger partial charge in [0, 0.05) is 37.9 Å².